The molecular weight excluding hydrogens is 394 g/mol. The molecule has 7 heteroatoms. The van der Waals surface area contributed by atoms with Gasteiger partial charge in [-0.2, -0.15) is 0 Å². The van der Waals surface area contributed by atoms with E-state index in [9.17, 15) is 14.4 Å². The van der Waals surface area contributed by atoms with E-state index in [0.717, 1.165) is 0 Å². The number of nitrogens with one attached hydrogen (secondary N) is 1. The number of benzene rings is 2. The first-order chi connectivity index (χ1) is 14.0. The molecule has 0 spiro atoms. The molecule has 6 nitrogen and oxygen atoms in total. The molecule has 3 rings (SSSR count). The van der Waals surface area contributed by atoms with Crippen LogP contribution in [-0.2, 0) is 9.53 Å². The number of halogens is 1. The fourth-order valence-electron chi connectivity index (χ4n) is 2.72. The average molecular weight is 412 g/mol. The molecule has 2 aromatic carbocycles. The van der Waals surface area contributed by atoms with Crippen LogP contribution in [-0.4, -0.2) is 24.3 Å². The number of ether oxygens (including phenoxy) is 1. The fraction of sp³-hybridized carbons (Fsp3) is 0.136. The highest BCUT2D eigenvalue weighted by Crippen LogP contribution is 2.18. The Morgan fingerprint density at radius 1 is 1.00 bits per heavy atom. The van der Waals surface area contributed by atoms with Crippen molar-refractivity contribution in [1.29, 1.82) is 0 Å². The van der Waals surface area contributed by atoms with E-state index in [1.807, 2.05) is 0 Å². The Bertz CT molecular complexity index is 1010. The van der Waals surface area contributed by atoms with Crippen molar-refractivity contribution in [3.63, 3.8) is 0 Å². The highest BCUT2D eigenvalue weighted by molar-refractivity contribution is 6.30. The first-order valence-electron chi connectivity index (χ1n) is 8.85. The topological polar surface area (TPSA) is 85.6 Å². The van der Waals surface area contributed by atoms with Crippen LogP contribution in [0.3, 0.4) is 0 Å². The molecule has 1 N–H and O–H groups in total. The molecule has 0 unspecified atom stereocenters. The molecule has 0 aliphatic rings. The zero-order valence-electron chi connectivity index (χ0n) is 15.6. The van der Waals surface area contributed by atoms with Gasteiger partial charge in [0, 0.05) is 16.1 Å². The molecule has 0 aliphatic carbocycles. The van der Waals surface area contributed by atoms with Crippen LogP contribution < -0.4 is 5.32 Å². The van der Waals surface area contributed by atoms with Crippen LogP contribution in [0.15, 0.2) is 71.3 Å². The lowest BCUT2D eigenvalue weighted by atomic mass is 9.98. The molecular formula is C22H18ClNO5. The van der Waals surface area contributed by atoms with Crippen molar-refractivity contribution >= 4 is 29.3 Å². The fourth-order valence-corrected chi connectivity index (χ4v) is 2.84. The molecule has 0 radical (unpaired) electrons. The Balaban J connectivity index is 1.66. The number of carbonyl (C=O) groups is 3. The summed E-state index contributed by atoms with van der Waals surface area (Å²) >= 11 is 5.85. The van der Waals surface area contributed by atoms with E-state index in [-0.39, 0.29) is 23.0 Å². The van der Waals surface area contributed by atoms with Crippen LogP contribution in [0.5, 0.6) is 0 Å². The van der Waals surface area contributed by atoms with E-state index >= 15 is 0 Å². The van der Waals surface area contributed by atoms with E-state index in [4.69, 9.17) is 20.8 Å². The van der Waals surface area contributed by atoms with Gasteiger partial charge >= 0.3 is 5.97 Å². The Labute approximate surface area is 172 Å². The summed E-state index contributed by atoms with van der Waals surface area (Å²) in [5.41, 5.74) is 0.656. The van der Waals surface area contributed by atoms with Gasteiger partial charge in [0.25, 0.3) is 5.91 Å². The average Bonchev–Trinajstić information content (AvgIpc) is 3.27. The van der Waals surface area contributed by atoms with Gasteiger partial charge in [0.05, 0.1) is 17.9 Å². The smallest absolute Gasteiger partial charge is 0.339 e. The third kappa shape index (κ3) is 5.12. The summed E-state index contributed by atoms with van der Waals surface area (Å²) in [4.78, 5) is 37.3. The monoisotopic (exact) mass is 411 g/mol. The van der Waals surface area contributed by atoms with Gasteiger partial charge in [-0.15, -0.1) is 0 Å². The van der Waals surface area contributed by atoms with Crippen molar-refractivity contribution in [3.05, 3.63) is 94.4 Å². The third-order valence-corrected chi connectivity index (χ3v) is 4.43. The molecule has 0 aliphatic heterocycles. The molecule has 0 saturated heterocycles. The van der Waals surface area contributed by atoms with Crippen LogP contribution >= 0.6 is 11.6 Å². The van der Waals surface area contributed by atoms with Gasteiger partial charge < -0.3 is 14.5 Å². The van der Waals surface area contributed by atoms with E-state index in [1.54, 1.807) is 55.5 Å². The van der Waals surface area contributed by atoms with Crippen molar-refractivity contribution in [2.24, 2.45) is 0 Å². The molecule has 148 valence electrons. The van der Waals surface area contributed by atoms with Gasteiger partial charge in [0.15, 0.2) is 12.4 Å². The molecule has 0 fully saturated rings. The SMILES string of the molecule is C[C@@H](NC(=O)COC(=O)c1ccccc1C(=O)c1ccc(Cl)cc1)c1ccco1. The summed E-state index contributed by atoms with van der Waals surface area (Å²) in [7, 11) is 0. The number of ketones is 1. The molecule has 1 heterocycles. The predicted molar refractivity (Wildman–Crippen MR) is 107 cm³/mol. The third-order valence-electron chi connectivity index (χ3n) is 4.18. The number of hydrogen-bond acceptors (Lipinski definition) is 5. The highest BCUT2D eigenvalue weighted by Gasteiger charge is 2.20. The zero-order valence-corrected chi connectivity index (χ0v) is 16.3. The maximum Gasteiger partial charge on any atom is 0.339 e. The number of furan rings is 1. The summed E-state index contributed by atoms with van der Waals surface area (Å²) in [5.74, 6) is -0.999. The van der Waals surface area contributed by atoms with Crippen LogP contribution in [0.4, 0.5) is 0 Å². The quantitative estimate of drug-likeness (QED) is 0.465. The number of carbonyl (C=O) groups excluding carboxylic acids is 3. The Hall–Kier alpha value is -3.38. The second-order valence-electron chi connectivity index (χ2n) is 6.26. The number of rotatable bonds is 7. The van der Waals surface area contributed by atoms with E-state index in [2.05, 4.69) is 5.32 Å². The van der Waals surface area contributed by atoms with Crippen LogP contribution in [0.1, 0.15) is 45.0 Å². The number of amides is 1. The maximum absolute atomic E-state index is 12.8. The van der Waals surface area contributed by atoms with Crippen LogP contribution in [0.25, 0.3) is 0 Å². The molecule has 1 aromatic heterocycles. The Kier molecular flexibility index (Phi) is 6.46. The van der Waals surface area contributed by atoms with Crippen molar-refractivity contribution in [2.45, 2.75) is 13.0 Å². The molecule has 0 saturated carbocycles. The molecule has 29 heavy (non-hydrogen) atoms. The summed E-state index contributed by atoms with van der Waals surface area (Å²) < 4.78 is 10.3. The molecule has 1 amide bonds. The van der Waals surface area contributed by atoms with Crippen LogP contribution in [0, 0.1) is 0 Å². The summed E-state index contributed by atoms with van der Waals surface area (Å²) in [6, 6.07) is 15.7. The minimum absolute atomic E-state index is 0.0827. The van der Waals surface area contributed by atoms with E-state index in [0.29, 0.717) is 16.3 Å². The predicted octanol–water partition coefficient (Wildman–Crippen LogP) is 4.20. The van der Waals surface area contributed by atoms with Gasteiger partial charge in [-0.1, -0.05) is 29.8 Å². The Morgan fingerprint density at radius 2 is 1.69 bits per heavy atom. The lowest BCUT2D eigenvalue weighted by Gasteiger charge is -2.12. The lowest BCUT2D eigenvalue weighted by molar-refractivity contribution is -0.125. The van der Waals surface area contributed by atoms with Crippen molar-refractivity contribution in [1.82, 2.24) is 5.32 Å². The molecule has 3 aromatic rings. The second-order valence-corrected chi connectivity index (χ2v) is 6.70. The van der Waals surface area contributed by atoms with Crippen molar-refractivity contribution in [3.8, 4) is 0 Å². The van der Waals surface area contributed by atoms with Gasteiger partial charge in [-0.05, 0) is 49.4 Å². The first kappa shape index (κ1) is 20.4. The number of hydrogen-bond donors (Lipinski definition) is 1. The lowest BCUT2D eigenvalue weighted by Crippen LogP contribution is -2.31. The minimum Gasteiger partial charge on any atom is -0.467 e. The second kappa shape index (κ2) is 9.21. The highest BCUT2D eigenvalue weighted by atomic mass is 35.5. The van der Waals surface area contributed by atoms with Gasteiger partial charge in [-0.25, -0.2) is 4.79 Å². The van der Waals surface area contributed by atoms with E-state index < -0.39 is 18.5 Å². The number of esters is 1. The van der Waals surface area contributed by atoms with Gasteiger partial charge in [0.2, 0.25) is 0 Å². The first-order valence-corrected chi connectivity index (χ1v) is 9.22. The maximum atomic E-state index is 12.8. The summed E-state index contributed by atoms with van der Waals surface area (Å²) in [6.45, 7) is 1.27. The summed E-state index contributed by atoms with van der Waals surface area (Å²) in [5, 5.41) is 3.17. The zero-order chi connectivity index (χ0) is 20.8. The van der Waals surface area contributed by atoms with Gasteiger partial charge in [-0.3, -0.25) is 9.59 Å². The summed E-state index contributed by atoms with van der Waals surface area (Å²) in [6.07, 6.45) is 1.51. The van der Waals surface area contributed by atoms with Crippen LogP contribution in [0.2, 0.25) is 5.02 Å². The normalized spacial score (nSPS) is 11.5. The molecule has 0 bridgehead atoms. The standard InChI is InChI=1S/C22H18ClNO5/c1-14(19-7-4-12-28-19)24-20(25)13-29-22(27)18-6-3-2-5-17(18)21(26)15-8-10-16(23)11-9-15/h2-12,14H,13H2,1H3,(H,24,25)/t14-/m1/s1. The Morgan fingerprint density at radius 3 is 2.34 bits per heavy atom. The van der Waals surface area contributed by atoms with E-state index in [1.165, 1.54) is 18.4 Å². The molecule has 1 atom stereocenters. The van der Waals surface area contributed by atoms with Crippen molar-refractivity contribution in [2.75, 3.05) is 6.61 Å². The van der Waals surface area contributed by atoms with Crippen molar-refractivity contribution < 1.29 is 23.5 Å². The minimum atomic E-state index is -0.760. The largest absolute Gasteiger partial charge is 0.467 e. The van der Waals surface area contributed by atoms with Gasteiger partial charge in [0.1, 0.15) is 5.76 Å².